The molecule has 2 saturated carbocycles. The molecule has 0 bridgehead atoms. The Hall–Kier alpha value is -1.56. The third-order valence-corrected chi connectivity index (χ3v) is 5.19. The minimum Gasteiger partial charge on any atom is -0.354 e. The first-order valence-electron chi connectivity index (χ1n) is 8.00. The van der Waals surface area contributed by atoms with E-state index < -0.39 is 22.7 Å². The van der Waals surface area contributed by atoms with E-state index in [1.165, 1.54) is 12.1 Å². The maximum atomic E-state index is 13.0. The van der Waals surface area contributed by atoms with E-state index in [0.29, 0.717) is 24.9 Å². The van der Waals surface area contributed by atoms with E-state index in [4.69, 9.17) is 5.73 Å². The van der Waals surface area contributed by atoms with Crippen molar-refractivity contribution in [3.05, 3.63) is 35.4 Å². The fraction of sp³-hybridized carbons (Fsp3) is 0.588. The van der Waals surface area contributed by atoms with Gasteiger partial charge in [-0.15, -0.1) is 0 Å². The molecular formula is C17H21F3N2O. The highest BCUT2D eigenvalue weighted by atomic mass is 19.4. The number of amides is 1. The Labute approximate surface area is 133 Å². The van der Waals surface area contributed by atoms with Gasteiger partial charge in [0.1, 0.15) is 0 Å². The van der Waals surface area contributed by atoms with Gasteiger partial charge < -0.3 is 11.1 Å². The van der Waals surface area contributed by atoms with E-state index in [1.807, 2.05) is 0 Å². The Balaban J connectivity index is 1.82. The van der Waals surface area contributed by atoms with Gasteiger partial charge in [-0.1, -0.05) is 31.0 Å². The molecule has 3 N–H and O–H groups in total. The summed E-state index contributed by atoms with van der Waals surface area (Å²) in [7, 11) is 0. The summed E-state index contributed by atoms with van der Waals surface area (Å²) < 4.78 is 38.9. The number of alkyl halides is 3. The molecule has 1 amide bonds. The minimum atomic E-state index is -4.35. The number of hydrogen-bond donors (Lipinski definition) is 2. The molecule has 0 heterocycles. The maximum Gasteiger partial charge on any atom is 0.416 e. The van der Waals surface area contributed by atoms with Gasteiger partial charge in [-0.3, -0.25) is 4.79 Å². The molecule has 2 aliphatic carbocycles. The molecule has 0 saturated heterocycles. The first-order valence-corrected chi connectivity index (χ1v) is 8.00. The fourth-order valence-corrected chi connectivity index (χ4v) is 3.43. The van der Waals surface area contributed by atoms with Crippen molar-refractivity contribution in [1.29, 1.82) is 0 Å². The third kappa shape index (κ3) is 3.22. The molecule has 1 aromatic rings. The van der Waals surface area contributed by atoms with E-state index in [-0.39, 0.29) is 5.91 Å². The molecule has 3 rings (SSSR count). The number of nitrogens with two attached hydrogens (primary N) is 1. The fourth-order valence-electron chi connectivity index (χ4n) is 3.43. The van der Waals surface area contributed by atoms with Gasteiger partial charge in [0.15, 0.2) is 0 Å². The zero-order valence-electron chi connectivity index (χ0n) is 12.9. The lowest BCUT2D eigenvalue weighted by Gasteiger charge is -2.31. The van der Waals surface area contributed by atoms with E-state index in [9.17, 15) is 18.0 Å². The van der Waals surface area contributed by atoms with Gasteiger partial charge in [0.05, 0.1) is 11.1 Å². The quantitative estimate of drug-likeness (QED) is 0.893. The first-order chi connectivity index (χ1) is 10.8. The predicted octanol–water partition coefficient (Wildman–Crippen LogP) is 3.12. The molecule has 3 nitrogen and oxygen atoms in total. The molecule has 2 aliphatic rings. The predicted molar refractivity (Wildman–Crippen MR) is 80.8 cm³/mol. The van der Waals surface area contributed by atoms with Crippen LogP contribution in [0.1, 0.15) is 49.7 Å². The molecule has 0 atom stereocenters. The standard InChI is InChI=1S/C17H21F3N2O/c18-17(19,20)13-5-3-4-12(10-13)15(6-1-2-7-15)11-22-14(23)16(21)8-9-16/h3-5,10H,1-2,6-9,11,21H2,(H,22,23). The van der Waals surface area contributed by atoms with Crippen molar-refractivity contribution < 1.29 is 18.0 Å². The Bertz CT molecular complexity index is 602. The van der Waals surface area contributed by atoms with E-state index in [0.717, 1.165) is 31.7 Å². The second kappa shape index (κ2) is 5.51. The Kier molecular flexibility index (Phi) is 3.91. The molecule has 6 heteroatoms. The van der Waals surface area contributed by atoms with Gasteiger partial charge in [-0.2, -0.15) is 13.2 Å². The largest absolute Gasteiger partial charge is 0.416 e. The molecular weight excluding hydrogens is 305 g/mol. The highest BCUT2D eigenvalue weighted by Gasteiger charge is 2.47. The van der Waals surface area contributed by atoms with Crippen LogP contribution in [-0.2, 0) is 16.4 Å². The van der Waals surface area contributed by atoms with Crippen molar-refractivity contribution in [2.75, 3.05) is 6.54 Å². The van der Waals surface area contributed by atoms with Crippen molar-refractivity contribution in [3.63, 3.8) is 0 Å². The summed E-state index contributed by atoms with van der Waals surface area (Å²) in [5.74, 6) is -0.184. The zero-order valence-corrected chi connectivity index (χ0v) is 12.9. The van der Waals surface area contributed by atoms with E-state index in [2.05, 4.69) is 5.32 Å². The van der Waals surface area contributed by atoms with Gasteiger partial charge >= 0.3 is 6.18 Å². The minimum absolute atomic E-state index is 0.184. The van der Waals surface area contributed by atoms with Crippen LogP contribution in [0, 0.1) is 0 Å². The molecule has 0 aromatic heterocycles. The molecule has 126 valence electrons. The van der Waals surface area contributed by atoms with Crippen LogP contribution in [0.2, 0.25) is 0 Å². The highest BCUT2D eigenvalue weighted by molar-refractivity contribution is 5.89. The average Bonchev–Trinajstić information content (AvgIpc) is 3.09. The number of halogens is 3. The molecule has 0 unspecified atom stereocenters. The normalized spacial score (nSPS) is 21.9. The summed E-state index contributed by atoms with van der Waals surface area (Å²) in [4.78, 5) is 12.1. The van der Waals surface area contributed by atoms with Crippen LogP contribution in [0.25, 0.3) is 0 Å². The Morgan fingerprint density at radius 2 is 1.83 bits per heavy atom. The molecule has 23 heavy (non-hydrogen) atoms. The van der Waals surface area contributed by atoms with Gasteiger partial charge in [0.2, 0.25) is 5.91 Å². The van der Waals surface area contributed by atoms with Crippen molar-refractivity contribution in [3.8, 4) is 0 Å². The number of carbonyl (C=O) groups excluding carboxylic acids is 1. The van der Waals surface area contributed by atoms with Crippen LogP contribution in [0.4, 0.5) is 13.2 Å². The lowest BCUT2D eigenvalue weighted by atomic mass is 9.78. The van der Waals surface area contributed by atoms with Gasteiger partial charge in [-0.05, 0) is 37.3 Å². The Morgan fingerprint density at radius 1 is 1.17 bits per heavy atom. The molecule has 0 radical (unpaired) electrons. The zero-order chi connectivity index (χ0) is 16.7. The van der Waals surface area contributed by atoms with Crippen LogP contribution in [0.3, 0.4) is 0 Å². The second-order valence-corrected chi connectivity index (χ2v) is 6.90. The summed E-state index contributed by atoms with van der Waals surface area (Å²) in [6.07, 6.45) is 0.483. The monoisotopic (exact) mass is 326 g/mol. The maximum absolute atomic E-state index is 13.0. The summed E-state index contributed by atoms with van der Waals surface area (Å²) in [5, 5.41) is 2.88. The average molecular weight is 326 g/mol. The van der Waals surface area contributed by atoms with E-state index in [1.54, 1.807) is 6.07 Å². The summed E-state index contributed by atoms with van der Waals surface area (Å²) in [6, 6.07) is 5.50. The van der Waals surface area contributed by atoms with Crippen molar-refractivity contribution in [2.24, 2.45) is 5.73 Å². The third-order valence-electron chi connectivity index (χ3n) is 5.19. The summed E-state index contributed by atoms with van der Waals surface area (Å²) in [5.41, 5.74) is 4.73. The lowest BCUT2D eigenvalue weighted by molar-refractivity contribution is -0.137. The van der Waals surface area contributed by atoms with Crippen LogP contribution in [-0.4, -0.2) is 18.0 Å². The number of benzene rings is 1. The SMILES string of the molecule is NC1(C(=O)NCC2(c3cccc(C(F)(F)F)c3)CCCC2)CC1. The lowest BCUT2D eigenvalue weighted by Crippen LogP contribution is -2.47. The van der Waals surface area contributed by atoms with Crippen LogP contribution < -0.4 is 11.1 Å². The van der Waals surface area contributed by atoms with Crippen molar-refractivity contribution in [2.45, 2.75) is 55.7 Å². The molecule has 0 spiro atoms. The van der Waals surface area contributed by atoms with Crippen molar-refractivity contribution in [1.82, 2.24) is 5.32 Å². The van der Waals surface area contributed by atoms with Gasteiger partial charge in [0, 0.05) is 12.0 Å². The smallest absolute Gasteiger partial charge is 0.354 e. The number of rotatable bonds is 4. The molecule has 1 aromatic carbocycles. The second-order valence-electron chi connectivity index (χ2n) is 6.90. The molecule has 2 fully saturated rings. The van der Waals surface area contributed by atoms with Crippen LogP contribution in [0.5, 0.6) is 0 Å². The van der Waals surface area contributed by atoms with Crippen LogP contribution >= 0.6 is 0 Å². The summed E-state index contributed by atoms with van der Waals surface area (Å²) >= 11 is 0. The topological polar surface area (TPSA) is 55.1 Å². The van der Waals surface area contributed by atoms with Crippen molar-refractivity contribution >= 4 is 5.91 Å². The number of nitrogens with one attached hydrogen (secondary N) is 1. The molecule has 0 aliphatic heterocycles. The van der Waals surface area contributed by atoms with Crippen LogP contribution in [0.15, 0.2) is 24.3 Å². The summed E-state index contributed by atoms with van der Waals surface area (Å²) in [6.45, 7) is 0.353. The van der Waals surface area contributed by atoms with E-state index >= 15 is 0 Å². The van der Waals surface area contributed by atoms with Gasteiger partial charge in [0.25, 0.3) is 0 Å². The highest BCUT2D eigenvalue weighted by Crippen LogP contribution is 2.42. The number of carbonyl (C=O) groups is 1. The number of hydrogen-bond acceptors (Lipinski definition) is 2. The Morgan fingerprint density at radius 3 is 2.39 bits per heavy atom. The van der Waals surface area contributed by atoms with Gasteiger partial charge in [-0.25, -0.2) is 0 Å². The first kappa shape index (κ1) is 16.3.